The second-order valence-corrected chi connectivity index (χ2v) is 6.99. The molecule has 0 aliphatic heterocycles. The molecule has 1 amide bonds. The zero-order valence-electron chi connectivity index (χ0n) is 17.2. The first-order chi connectivity index (χ1) is 13.9. The van der Waals surface area contributed by atoms with Crippen molar-refractivity contribution in [2.45, 2.75) is 39.8 Å². The molecule has 0 N–H and O–H groups in total. The molecule has 0 aromatic heterocycles. The summed E-state index contributed by atoms with van der Waals surface area (Å²) < 4.78 is 10.5. The first-order valence-electron chi connectivity index (χ1n) is 9.58. The van der Waals surface area contributed by atoms with Crippen LogP contribution in [-0.4, -0.2) is 29.0 Å². The van der Waals surface area contributed by atoms with Gasteiger partial charge in [-0.05, 0) is 63.6 Å². The number of esters is 1. The molecule has 2 aromatic carbocycles. The van der Waals surface area contributed by atoms with Crippen LogP contribution in [0.25, 0.3) is 6.08 Å². The van der Waals surface area contributed by atoms with Gasteiger partial charge in [-0.15, -0.1) is 0 Å². The van der Waals surface area contributed by atoms with Crippen LogP contribution in [0.15, 0.2) is 73.0 Å². The van der Waals surface area contributed by atoms with Crippen LogP contribution < -0.4 is 4.74 Å². The molecule has 0 fully saturated rings. The highest BCUT2D eigenvalue weighted by atomic mass is 16.5. The van der Waals surface area contributed by atoms with E-state index in [-0.39, 0.29) is 18.2 Å². The van der Waals surface area contributed by atoms with E-state index in [1.54, 1.807) is 53.5 Å². The maximum absolute atomic E-state index is 12.1. The summed E-state index contributed by atoms with van der Waals surface area (Å²) in [4.78, 5) is 25.8. The Kier molecular flexibility index (Phi) is 8.22. The molecule has 0 spiro atoms. The van der Waals surface area contributed by atoms with Crippen molar-refractivity contribution in [3.05, 3.63) is 84.1 Å². The van der Waals surface area contributed by atoms with Crippen LogP contribution in [0, 0.1) is 0 Å². The zero-order valence-corrected chi connectivity index (χ0v) is 17.2. The second kappa shape index (κ2) is 10.9. The highest BCUT2D eigenvalue weighted by Gasteiger charge is 2.20. The zero-order chi connectivity index (χ0) is 21.2. The Hall–Kier alpha value is -3.34. The van der Waals surface area contributed by atoms with Gasteiger partial charge >= 0.3 is 12.1 Å². The van der Waals surface area contributed by atoms with Gasteiger partial charge in [0.25, 0.3) is 0 Å². The number of allylic oxidation sites excluding steroid dienone is 2. The van der Waals surface area contributed by atoms with Gasteiger partial charge in [-0.1, -0.05) is 42.5 Å². The number of nitrogens with zero attached hydrogens (tertiary/aromatic N) is 1. The lowest BCUT2D eigenvalue weighted by molar-refractivity contribution is 0.0734. The second-order valence-electron chi connectivity index (χ2n) is 6.99. The molecular formula is C24H27NO4. The Labute approximate surface area is 172 Å². The number of carbonyl (C=O) groups excluding carboxylic acids is 2. The number of hydrogen-bond donors (Lipinski definition) is 0. The van der Waals surface area contributed by atoms with Gasteiger partial charge in [0.2, 0.25) is 0 Å². The quantitative estimate of drug-likeness (QED) is 0.262. The van der Waals surface area contributed by atoms with Gasteiger partial charge in [-0.25, -0.2) is 9.59 Å². The first-order valence-corrected chi connectivity index (χ1v) is 9.58. The number of rotatable bonds is 7. The average Bonchev–Trinajstić information content (AvgIpc) is 2.69. The molecule has 0 radical (unpaired) electrons. The smallest absolute Gasteiger partial charge is 0.415 e. The van der Waals surface area contributed by atoms with Crippen LogP contribution in [0.1, 0.15) is 43.6 Å². The number of amides is 1. The fraction of sp³-hybridized carbons (Fsp3) is 0.250. The molecule has 0 saturated carbocycles. The van der Waals surface area contributed by atoms with Crippen molar-refractivity contribution < 1.29 is 19.1 Å². The summed E-state index contributed by atoms with van der Waals surface area (Å²) >= 11 is 0. The number of carbonyl (C=O) groups is 2. The lowest BCUT2D eigenvalue weighted by atomic mass is 10.2. The predicted molar refractivity (Wildman–Crippen MR) is 115 cm³/mol. The van der Waals surface area contributed by atoms with E-state index in [2.05, 4.69) is 0 Å². The summed E-state index contributed by atoms with van der Waals surface area (Å²) in [6.07, 6.45) is 6.28. The standard InChI is InChI=1S/C24H27NO4/c1-18(2)25(19(3)4)24(27)28-17-9-8-10-20-13-15-22(16-14-20)29-23(26)21-11-6-5-7-12-21/h5-19H,1-4H3/b10-8-,17-9+. The maximum Gasteiger partial charge on any atom is 0.415 e. The van der Waals surface area contributed by atoms with Crippen molar-refractivity contribution in [1.82, 2.24) is 4.90 Å². The number of hydrogen-bond acceptors (Lipinski definition) is 4. The van der Waals surface area contributed by atoms with Crippen LogP contribution in [0.3, 0.4) is 0 Å². The van der Waals surface area contributed by atoms with Crippen LogP contribution in [0.2, 0.25) is 0 Å². The molecule has 2 rings (SSSR count). The third-order valence-corrected chi connectivity index (χ3v) is 4.07. The molecule has 0 bridgehead atoms. The van der Waals surface area contributed by atoms with E-state index in [9.17, 15) is 9.59 Å². The number of ether oxygens (including phenoxy) is 2. The van der Waals surface area contributed by atoms with E-state index in [0.717, 1.165) is 5.56 Å². The van der Waals surface area contributed by atoms with Gasteiger partial charge < -0.3 is 14.4 Å². The van der Waals surface area contributed by atoms with Gasteiger partial charge in [0.1, 0.15) is 5.75 Å². The summed E-state index contributed by atoms with van der Waals surface area (Å²) in [7, 11) is 0. The normalized spacial score (nSPS) is 11.4. The molecule has 29 heavy (non-hydrogen) atoms. The van der Waals surface area contributed by atoms with E-state index in [4.69, 9.17) is 9.47 Å². The van der Waals surface area contributed by atoms with Gasteiger partial charge in [0.15, 0.2) is 0 Å². The van der Waals surface area contributed by atoms with Crippen molar-refractivity contribution in [3.8, 4) is 5.75 Å². The lowest BCUT2D eigenvalue weighted by Crippen LogP contribution is -2.41. The van der Waals surface area contributed by atoms with E-state index < -0.39 is 5.97 Å². The Morgan fingerprint density at radius 3 is 2.07 bits per heavy atom. The Morgan fingerprint density at radius 1 is 0.862 bits per heavy atom. The average molecular weight is 393 g/mol. The Morgan fingerprint density at radius 2 is 1.48 bits per heavy atom. The van der Waals surface area contributed by atoms with Crippen molar-refractivity contribution in [2.75, 3.05) is 0 Å². The minimum Gasteiger partial charge on any atom is -0.423 e. The molecule has 0 aliphatic rings. The largest absolute Gasteiger partial charge is 0.423 e. The summed E-state index contributed by atoms with van der Waals surface area (Å²) in [5.74, 6) is 0.0819. The summed E-state index contributed by atoms with van der Waals surface area (Å²) in [5, 5.41) is 0. The molecule has 152 valence electrons. The molecule has 0 unspecified atom stereocenters. The molecule has 0 aliphatic carbocycles. The van der Waals surface area contributed by atoms with Crippen LogP contribution in [-0.2, 0) is 4.74 Å². The van der Waals surface area contributed by atoms with Crippen molar-refractivity contribution in [3.63, 3.8) is 0 Å². The molecule has 5 nitrogen and oxygen atoms in total. The highest BCUT2D eigenvalue weighted by molar-refractivity contribution is 5.90. The molecule has 0 atom stereocenters. The SMILES string of the molecule is CC(C)N(C(=O)O/C=C/C=C\c1ccc(OC(=O)c2ccccc2)cc1)C(C)C. The fourth-order valence-corrected chi connectivity index (χ4v) is 2.78. The number of benzene rings is 2. The molecular weight excluding hydrogens is 366 g/mol. The van der Waals surface area contributed by atoms with E-state index in [1.807, 2.05) is 52.0 Å². The maximum atomic E-state index is 12.1. The minimum atomic E-state index is -0.393. The topological polar surface area (TPSA) is 55.8 Å². The van der Waals surface area contributed by atoms with E-state index >= 15 is 0 Å². The lowest BCUT2D eigenvalue weighted by Gasteiger charge is -2.28. The van der Waals surface area contributed by atoms with Gasteiger partial charge in [0.05, 0.1) is 11.8 Å². The van der Waals surface area contributed by atoms with Crippen molar-refractivity contribution >= 4 is 18.1 Å². The van der Waals surface area contributed by atoms with Crippen molar-refractivity contribution in [2.24, 2.45) is 0 Å². The van der Waals surface area contributed by atoms with Crippen LogP contribution >= 0.6 is 0 Å². The molecule has 0 heterocycles. The third-order valence-electron chi connectivity index (χ3n) is 4.07. The highest BCUT2D eigenvalue weighted by Crippen LogP contribution is 2.15. The van der Waals surface area contributed by atoms with Gasteiger partial charge in [-0.2, -0.15) is 0 Å². The van der Waals surface area contributed by atoms with Crippen LogP contribution in [0.4, 0.5) is 4.79 Å². The molecule has 0 saturated heterocycles. The van der Waals surface area contributed by atoms with Gasteiger partial charge in [-0.3, -0.25) is 0 Å². The molecule has 5 heteroatoms. The van der Waals surface area contributed by atoms with E-state index in [0.29, 0.717) is 11.3 Å². The third kappa shape index (κ3) is 6.96. The summed E-state index contributed by atoms with van der Waals surface area (Å²) in [6.45, 7) is 7.80. The van der Waals surface area contributed by atoms with Gasteiger partial charge in [0, 0.05) is 12.1 Å². The summed E-state index contributed by atoms with van der Waals surface area (Å²) in [5.41, 5.74) is 1.43. The Balaban J connectivity index is 1.86. The monoisotopic (exact) mass is 393 g/mol. The van der Waals surface area contributed by atoms with E-state index in [1.165, 1.54) is 6.26 Å². The predicted octanol–water partition coefficient (Wildman–Crippen LogP) is 5.69. The molecule has 2 aromatic rings. The fourth-order valence-electron chi connectivity index (χ4n) is 2.78. The van der Waals surface area contributed by atoms with Crippen LogP contribution in [0.5, 0.6) is 5.75 Å². The minimum absolute atomic E-state index is 0.0703. The van der Waals surface area contributed by atoms with Crippen molar-refractivity contribution in [1.29, 1.82) is 0 Å². The Bertz CT molecular complexity index is 844. The summed E-state index contributed by atoms with van der Waals surface area (Å²) in [6, 6.07) is 16.1. The first kappa shape index (κ1) is 22.0.